The van der Waals surface area contributed by atoms with Gasteiger partial charge in [-0.05, 0) is 71.4 Å². The summed E-state index contributed by atoms with van der Waals surface area (Å²) in [6.07, 6.45) is 1.46. The summed E-state index contributed by atoms with van der Waals surface area (Å²) in [7, 11) is 2.98. The Labute approximate surface area is 232 Å². The minimum Gasteiger partial charge on any atom is -0.496 e. The van der Waals surface area contributed by atoms with Crippen molar-refractivity contribution in [2.24, 2.45) is 0 Å². The van der Waals surface area contributed by atoms with Gasteiger partial charge in [-0.1, -0.05) is 29.8 Å². The Bertz CT molecular complexity index is 1550. The van der Waals surface area contributed by atoms with Gasteiger partial charge in [0.1, 0.15) is 17.3 Å². The van der Waals surface area contributed by atoms with Crippen molar-refractivity contribution in [3.63, 3.8) is 0 Å². The fourth-order valence-corrected chi connectivity index (χ4v) is 4.39. The molecule has 4 aromatic rings. The van der Waals surface area contributed by atoms with E-state index in [2.05, 4.69) is 15.2 Å². The average molecular weight is 568 g/mol. The second-order valence-corrected chi connectivity index (χ2v) is 9.38. The lowest BCUT2D eigenvalue weighted by Gasteiger charge is -2.12. The molecule has 0 aliphatic rings. The third-order valence-electron chi connectivity index (χ3n) is 5.35. The summed E-state index contributed by atoms with van der Waals surface area (Å²) in [5.74, 6) is -0.494. The molecule has 0 atom stereocenters. The number of aliphatic carboxylic acids is 1. The zero-order valence-corrected chi connectivity index (χ0v) is 22.2. The summed E-state index contributed by atoms with van der Waals surface area (Å²) < 4.78 is 16.6. The van der Waals surface area contributed by atoms with Crippen LogP contribution in [-0.2, 0) is 11.4 Å². The van der Waals surface area contributed by atoms with E-state index in [-0.39, 0.29) is 22.2 Å². The van der Waals surface area contributed by atoms with E-state index in [1.807, 2.05) is 0 Å². The topological polar surface area (TPSA) is 144 Å². The fourth-order valence-electron chi connectivity index (χ4n) is 3.51. The third-order valence-corrected chi connectivity index (χ3v) is 6.46. The molecule has 0 fully saturated rings. The van der Waals surface area contributed by atoms with E-state index >= 15 is 0 Å². The second-order valence-electron chi connectivity index (χ2n) is 7.93. The van der Waals surface area contributed by atoms with Crippen LogP contribution in [0, 0.1) is 0 Å². The SMILES string of the molecule is COc1cc(/C=C(\Sc2n[nH]c(-c3cc(Cl)ccc3OC)n2)C(=O)O)ccc1OCc1cccc(C(=O)O)c1. The zero-order valence-electron chi connectivity index (χ0n) is 20.7. The van der Waals surface area contributed by atoms with Gasteiger partial charge in [0, 0.05) is 5.02 Å². The highest BCUT2D eigenvalue weighted by Gasteiger charge is 2.17. The van der Waals surface area contributed by atoms with Crippen LogP contribution in [0.15, 0.2) is 70.7 Å². The van der Waals surface area contributed by atoms with Gasteiger partial charge in [-0.3, -0.25) is 5.10 Å². The van der Waals surface area contributed by atoms with Crippen LogP contribution in [0.2, 0.25) is 5.02 Å². The lowest BCUT2D eigenvalue weighted by Crippen LogP contribution is -2.01. The van der Waals surface area contributed by atoms with Crippen molar-refractivity contribution >= 4 is 41.4 Å². The van der Waals surface area contributed by atoms with Crippen molar-refractivity contribution in [2.45, 2.75) is 11.8 Å². The van der Waals surface area contributed by atoms with Crippen LogP contribution < -0.4 is 14.2 Å². The number of halogens is 1. The molecule has 0 saturated heterocycles. The molecule has 1 aromatic heterocycles. The predicted molar refractivity (Wildman–Crippen MR) is 146 cm³/mol. The largest absolute Gasteiger partial charge is 0.496 e. The molecule has 1 heterocycles. The lowest BCUT2D eigenvalue weighted by molar-refractivity contribution is -0.131. The number of carboxylic acid groups (broad SMARTS) is 2. The monoisotopic (exact) mass is 567 g/mol. The second kappa shape index (κ2) is 12.4. The molecule has 0 spiro atoms. The number of aromatic amines is 1. The van der Waals surface area contributed by atoms with Gasteiger partial charge in [-0.25, -0.2) is 14.6 Å². The molecule has 3 N–H and O–H groups in total. The molecule has 4 rings (SSSR count). The smallest absolute Gasteiger partial charge is 0.342 e. The Hall–Kier alpha value is -4.48. The highest BCUT2D eigenvalue weighted by Crippen LogP contribution is 2.34. The van der Waals surface area contributed by atoms with Crippen molar-refractivity contribution in [3.8, 4) is 28.6 Å². The number of hydrogen-bond donors (Lipinski definition) is 3. The first kappa shape index (κ1) is 27.6. The molecule has 200 valence electrons. The summed E-state index contributed by atoms with van der Waals surface area (Å²) in [5, 5.41) is 26.5. The van der Waals surface area contributed by atoms with Crippen LogP contribution in [-0.4, -0.2) is 51.6 Å². The van der Waals surface area contributed by atoms with E-state index in [0.29, 0.717) is 44.8 Å². The lowest BCUT2D eigenvalue weighted by atomic mass is 10.1. The Morgan fingerprint density at radius 3 is 2.49 bits per heavy atom. The molecule has 12 heteroatoms. The number of H-pyrrole nitrogens is 1. The zero-order chi connectivity index (χ0) is 27.9. The molecular weight excluding hydrogens is 546 g/mol. The molecule has 0 amide bonds. The van der Waals surface area contributed by atoms with Crippen molar-refractivity contribution in [2.75, 3.05) is 14.2 Å². The van der Waals surface area contributed by atoms with Gasteiger partial charge in [0.25, 0.3) is 0 Å². The van der Waals surface area contributed by atoms with Crippen molar-refractivity contribution in [1.29, 1.82) is 0 Å². The van der Waals surface area contributed by atoms with E-state index in [0.717, 1.165) is 11.8 Å². The molecular formula is C27H22ClN3O7S. The number of carboxylic acids is 2. The Morgan fingerprint density at radius 2 is 1.77 bits per heavy atom. The van der Waals surface area contributed by atoms with Gasteiger partial charge < -0.3 is 24.4 Å². The Kier molecular flexibility index (Phi) is 8.74. The van der Waals surface area contributed by atoms with Crippen LogP contribution in [0.3, 0.4) is 0 Å². The molecule has 0 aliphatic carbocycles. The average Bonchev–Trinajstić information content (AvgIpc) is 3.40. The summed E-state index contributed by atoms with van der Waals surface area (Å²) in [4.78, 5) is 27.5. The number of methoxy groups -OCH3 is 2. The van der Waals surface area contributed by atoms with Crippen LogP contribution in [0.4, 0.5) is 0 Å². The van der Waals surface area contributed by atoms with E-state index in [1.54, 1.807) is 48.5 Å². The van der Waals surface area contributed by atoms with E-state index in [9.17, 15) is 14.7 Å². The Morgan fingerprint density at radius 1 is 1.00 bits per heavy atom. The highest BCUT2D eigenvalue weighted by atomic mass is 35.5. The van der Waals surface area contributed by atoms with Gasteiger partial charge in [0.2, 0.25) is 5.16 Å². The summed E-state index contributed by atoms with van der Waals surface area (Å²) in [6.45, 7) is 0.119. The number of aromatic carboxylic acids is 1. The summed E-state index contributed by atoms with van der Waals surface area (Å²) >= 11 is 6.97. The van der Waals surface area contributed by atoms with Gasteiger partial charge in [-0.2, -0.15) is 0 Å². The van der Waals surface area contributed by atoms with E-state index in [1.165, 1.54) is 32.4 Å². The minimum atomic E-state index is -1.16. The third kappa shape index (κ3) is 6.89. The number of nitrogens with one attached hydrogen (secondary N) is 1. The number of hydrogen-bond acceptors (Lipinski definition) is 8. The quantitative estimate of drug-likeness (QED) is 0.154. The van der Waals surface area contributed by atoms with Crippen LogP contribution in [0.1, 0.15) is 21.5 Å². The number of aromatic nitrogens is 3. The van der Waals surface area contributed by atoms with Crippen molar-refractivity contribution < 1.29 is 34.0 Å². The first-order valence-corrected chi connectivity index (χ1v) is 12.5. The first-order valence-electron chi connectivity index (χ1n) is 11.3. The Balaban J connectivity index is 1.52. The van der Waals surface area contributed by atoms with Gasteiger partial charge in [0.15, 0.2) is 17.3 Å². The highest BCUT2D eigenvalue weighted by molar-refractivity contribution is 8.04. The molecule has 0 saturated carbocycles. The van der Waals surface area contributed by atoms with Crippen molar-refractivity contribution in [1.82, 2.24) is 15.2 Å². The normalized spacial score (nSPS) is 11.2. The molecule has 10 nitrogen and oxygen atoms in total. The number of nitrogens with zero attached hydrogens (tertiary/aromatic N) is 2. The predicted octanol–water partition coefficient (Wildman–Crippen LogP) is 5.64. The minimum absolute atomic E-state index is 0.0279. The molecule has 0 bridgehead atoms. The fraction of sp³-hybridized carbons (Fsp3) is 0.111. The van der Waals surface area contributed by atoms with E-state index in [4.69, 9.17) is 30.9 Å². The number of thioether (sulfide) groups is 1. The number of carbonyl (C=O) groups is 2. The summed E-state index contributed by atoms with van der Waals surface area (Å²) in [6, 6.07) is 16.4. The van der Waals surface area contributed by atoms with Crippen LogP contribution in [0.25, 0.3) is 17.5 Å². The molecule has 3 aromatic carbocycles. The van der Waals surface area contributed by atoms with Crippen molar-refractivity contribution in [3.05, 3.63) is 87.3 Å². The number of ether oxygens (including phenoxy) is 3. The standard InChI is InChI=1S/C27H22ClN3O7S/c1-36-20-9-7-18(28)13-19(20)24-29-27(31-30-24)39-23(26(34)35)12-15-6-8-21(22(11-15)37-2)38-14-16-4-3-5-17(10-16)25(32)33/h3-13H,14H2,1-2H3,(H,32,33)(H,34,35)(H,29,30,31)/b23-12-. The maximum absolute atomic E-state index is 12.0. The summed E-state index contributed by atoms with van der Waals surface area (Å²) in [5.41, 5.74) is 1.96. The van der Waals surface area contributed by atoms with Crippen LogP contribution in [0.5, 0.6) is 17.2 Å². The van der Waals surface area contributed by atoms with Crippen LogP contribution >= 0.6 is 23.4 Å². The molecule has 0 aliphatic heterocycles. The van der Waals surface area contributed by atoms with E-state index < -0.39 is 11.9 Å². The van der Waals surface area contributed by atoms with Gasteiger partial charge >= 0.3 is 11.9 Å². The molecule has 39 heavy (non-hydrogen) atoms. The number of benzene rings is 3. The molecule has 0 unspecified atom stereocenters. The number of rotatable bonds is 11. The first-order chi connectivity index (χ1) is 18.8. The van der Waals surface area contributed by atoms with Gasteiger partial charge in [0.05, 0.1) is 25.3 Å². The molecule has 0 radical (unpaired) electrons. The van der Waals surface area contributed by atoms with Gasteiger partial charge in [-0.15, -0.1) is 5.10 Å². The maximum Gasteiger partial charge on any atom is 0.342 e. The maximum atomic E-state index is 12.0.